The van der Waals surface area contributed by atoms with Crippen molar-refractivity contribution in [1.29, 1.82) is 0 Å². The first kappa shape index (κ1) is 17.8. The Labute approximate surface area is 142 Å². The van der Waals surface area contributed by atoms with Gasteiger partial charge in [0.15, 0.2) is 11.5 Å². The van der Waals surface area contributed by atoms with Crippen LogP contribution in [0.3, 0.4) is 0 Å². The molecule has 1 heterocycles. The number of hydrogen-bond acceptors (Lipinski definition) is 4. The van der Waals surface area contributed by atoms with E-state index in [-0.39, 0.29) is 5.91 Å². The average molecular weight is 331 g/mol. The summed E-state index contributed by atoms with van der Waals surface area (Å²) in [5.41, 5.74) is 2.31. The van der Waals surface area contributed by atoms with Crippen molar-refractivity contribution in [1.82, 2.24) is 15.5 Å². The smallest absolute Gasteiger partial charge is 0.272 e. The van der Waals surface area contributed by atoms with Crippen LogP contribution in [0.5, 0.6) is 11.5 Å². The summed E-state index contributed by atoms with van der Waals surface area (Å²) in [7, 11) is 1.60. The van der Waals surface area contributed by atoms with Gasteiger partial charge in [0.05, 0.1) is 13.7 Å². The molecule has 0 radical (unpaired) electrons. The minimum absolute atomic E-state index is 0.200. The molecule has 2 N–H and O–H groups in total. The first-order chi connectivity index (χ1) is 11.5. The van der Waals surface area contributed by atoms with E-state index in [4.69, 9.17) is 9.47 Å². The first-order valence-corrected chi connectivity index (χ1v) is 8.15. The van der Waals surface area contributed by atoms with Gasteiger partial charge in [0, 0.05) is 12.2 Å². The van der Waals surface area contributed by atoms with Crippen molar-refractivity contribution in [2.75, 3.05) is 13.7 Å². The SMILES string of the molecule is CCOc1ccc(CNC(=O)c2cc(CC(C)C)[nH]n2)cc1OC. The van der Waals surface area contributed by atoms with Gasteiger partial charge in [-0.25, -0.2) is 0 Å². The minimum atomic E-state index is -0.200. The summed E-state index contributed by atoms with van der Waals surface area (Å²) >= 11 is 0. The van der Waals surface area contributed by atoms with Gasteiger partial charge in [0.1, 0.15) is 5.69 Å². The van der Waals surface area contributed by atoms with E-state index in [9.17, 15) is 4.79 Å². The molecule has 1 aromatic heterocycles. The normalized spacial score (nSPS) is 10.7. The van der Waals surface area contributed by atoms with E-state index < -0.39 is 0 Å². The van der Waals surface area contributed by atoms with Gasteiger partial charge in [-0.3, -0.25) is 9.89 Å². The lowest BCUT2D eigenvalue weighted by Gasteiger charge is -2.11. The number of H-pyrrole nitrogens is 1. The maximum Gasteiger partial charge on any atom is 0.272 e. The van der Waals surface area contributed by atoms with Crippen molar-refractivity contribution in [3.8, 4) is 11.5 Å². The molecule has 130 valence electrons. The number of rotatable bonds is 8. The molecule has 2 rings (SSSR count). The van der Waals surface area contributed by atoms with E-state index in [0.717, 1.165) is 17.7 Å². The Morgan fingerprint density at radius 1 is 1.29 bits per heavy atom. The molecule has 0 saturated heterocycles. The van der Waals surface area contributed by atoms with Crippen LogP contribution < -0.4 is 14.8 Å². The fraction of sp³-hybridized carbons (Fsp3) is 0.444. The van der Waals surface area contributed by atoms with E-state index >= 15 is 0 Å². The number of amides is 1. The third-order valence-corrected chi connectivity index (χ3v) is 3.47. The Hall–Kier alpha value is -2.50. The largest absolute Gasteiger partial charge is 0.493 e. The zero-order valence-corrected chi connectivity index (χ0v) is 14.7. The predicted molar refractivity (Wildman–Crippen MR) is 92.5 cm³/mol. The number of ether oxygens (including phenoxy) is 2. The van der Waals surface area contributed by atoms with E-state index in [1.807, 2.05) is 25.1 Å². The maximum absolute atomic E-state index is 12.2. The number of methoxy groups -OCH3 is 1. The van der Waals surface area contributed by atoms with E-state index in [1.54, 1.807) is 13.2 Å². The predicted octanol–water partition coefficient (Wildman–Crippen LogP) is 2.95. The molecule has 0 aliphatic heterocycles. The first-order valence-electron chi connectivity index (χ1n) is 8.15. The molecule has 6 nitrogen and oxygen atoms in total. The van der Waals surface area contributed by atoms with Gasteiger partial charge in [-0.05, 0) is 43.0 Å². The van der Waals surface area contributed by atoms with Gasteiger partial charge < -0.3 is 14.8 Å². The maximum atomic E-state index is 12.2. The highest BCUT2D eigenvalue weighted by Crippen LogP contribution is 2.27. The van der Waals surface area contributed by atoms with E-state index in [1.165, 1.54) is 0 Å². The molecule has 0 fully saturated rings. The molecule has 0 spiro atoms. The number of aromatic nitrogens is 2. The van der Waals surface area contributed by atoms with Gasteiger partial charge in [-0.15, -0.1) is 0 Å². The molecule has 0 bridgehead atoms. The summed E-state index contributed by atoms with van der Waals surface area (Å²) < 4.78 is 10.8. The topological polar surface area (TPSA) is 76.2 Å². The number of benzene rings is 1. The van der Waals surface area contributed by atoms with Crippen LogP contribution in [0.1, 0.15) is 42.5 Å². The lowest BCUT2D eigenvalue weighted by molar-refractivity contribution is 0.0946. The number of nitrogens with one attached hydrogen (secondary N) is 2. The molecule has 0 saturated carbocycles. The zero-order valence-electron chi connectivity index (χ0n) is 14.7. The molecular weight excluding hydrogens is 306 g/mol. The zero-order chi connectivity index (χ0) is 17.5. The highest BCUT2D eigenvalue weighted by Gasteiger charge is 2.12. The quantitative estimate of drug-likeness (QED) is 0.780. The molecule has 2 aromatic rings. The molecule has 0 aliphatic carbocycles. The van der Waals surface area contributed by atoms with Gasteiger partial charge in [0.25, 0.3) is 5.91 Å². The summed E-state index contributed by atoms with van der Waals surface area (Å²) in [5.74, 6) is 1.66. The standard InChI is InChI=1S/C18H25N3O3/c1-5-24-16-7-6-13(9-17(16)23-4)11-19-18(22)15-10-14(20-21-15)8-12(2)3/h6-7,9-10,12H,5,8,11H2,1-4H3,(H,19,22)(H,20,21). The van der Waals surface area contributed by atoms with Crippen molar-refractivity contribution >= 4 is 5.91 Å². The highest BCUT2D eigenvalue weighted by atomic mass is 16.5. The summed E-state index contributed by atoms with van der Waals surface area (Å²) in [6.45, 7) is 7.14. The third kappa shape index (κ3) is 4.75. The van der Waals surface area contributed by atoms with Gasteiger partial charge in [-0.1, -0.05) is 19.9 Å². The summed E-state index contributed by atoms with van der Waals surface area (Å²) in [4.78, 5) is 12.2. The number of carbonyl (C=O) groups excluding carboxylic acids is 1. The van der Waals surface area contributed by atoms with Crippen LogP contribution in [0.2, 0.25) is 0 Å². The Morgan fingerprint density at radius 2 is 2.08 bits per heavy atom. The molecule has 0 atom stereocenters. The molecule has 24 heavy (non-hydrogen) atoms. The number of aromatic amines is 1. The Bertz CT molecular complexity index is 680. The molecule has 1 aromatic carbocycles. The van der Waals surface area contributed by atoms with Crippen LogP contribution in [-0.4, -0.2) is 29.8 Å². The number of carbonyl (C=O) groups is 1. The Kier molecular flexibility index (Phi) is 6.23. The molecule has 6 heteroatoms. The second-order valence-corrected chi connectivity index (χ2v) is 5.98. The van der Waals surface area contributed by atoms with Crippen LogP contribution in [0.4, 0.5) is 0 Å². The summed E-state index contributed by atoms with van der Waals surface area (Å²) in [6, 6.07) is 7.41. The molecule has 0 aliphatic rings. The molecule has 0 unspecified atom stereocenters. The second kappa shape index (κ2) is 8.38. The van der Waals surface area contributed by atoms with Gasteiger partial charge >= 0.3 is 0 Å². The lowest BCUT2D eigenvalue weighted by atomic mass is 10.1. The van der Waals surface area contributed by atoms with Crippen LogP contribution in [-0.2, 0) is 13.0 Å². The third-order valence-electron chi connectivity index (χ3n) is 3.47. The van der Waals surface area contributed by atoms with Crippen molar-refractivity contribution in [3.63, 3.8) is 0 Å². The van der Waals surface area contributed by atoms with Gasteiger partial charge in [0.2, 0.25) is 0 Å². The van der Waals surface area contributed by atoms with Crippen LogP contribution in [0, 0.1) is 5.92 Å². The summed E-state index contributed by atoms with van der Waals surface area (Å²) in [6.07, 6.45) is 0.871. The second-order valence-electron chi connectivity index (χ2n) is 5.98. The average Bonchev–Trinajstić information content (AvgIpc) is 3.01. The lowest BCUT2D eigenvalue weighted by Crippen LogP contribution is -2.23. The Morgan fingerprint density at radius 3 is 2.75 bits per heavy atom. The number of hydrogen-bond donors (Lipinski definition) is 2. The van der Waals surface area contributed by atoms with Crippen molar-refractivity contribution in [2.45, 2.75) is 33.7 Å². The fourth-order valence-corrected chi connectivity index (χ4v) is 2.39. The Balaban J connectivity index is 1.97. The minimum Gasteiger partial charge on any atom is -0.493 e. The van der Waals surface area contributed by atoms with Crippen LogP contribution in [0.25, 0.3) is 0 Å². The molecule has 1 amide bonds. The van der Waals surface area contributed by atoms with E-state index in [2.05, 4.69) is 29.4 Å². The highest BCUT2D eigenvalue weighted by molar-refractivity contribution is 5.92. The monoisotopic (exact) mass is 331 g/mol. The fourth-order valence-electron chi connectivity index (χ4n) is 2.39. The van der Waals surface area contributed by atoms with Crippen LogP contribution >= 0.6 is 0 Å². The van der Waals surface area contributed by atoms with Gasteiger partial charge in [-0.2, -0.15) is 5.10 Å². The molecular formula is C18H25N3O3. The van der Waals surface area contributed by atoms with E-state index in [0.29, 0.717) is 36.3 Å². The van der Waals surface area contributed by atoms with Crippen LogP contribution in [0.15, 0.2) is 24.3 Å². The van der Waals surface area contributed by atoms with Crippen molar-refractivity contribution in [3.05, 3.63) is 41.2 Å². The summed E-state index contributed by atoms with van der Waals surface area (Å²) in [5, 5.41) is 9.85. The van der Waals surface area contributed by atoms with Crippen molar-refractivity contribution < 1.29 is 14.3 Å². The number of nitrogens with zero attached hydrogens (tertiary/aromatic N) is 1. The van der Waals surface area contributed by atoms with Crippen molar-refractivity contribution in [2.24, 2.45) is 5.92 Å².